The number of nitrogen functional groups attached to an aromatic ring is 1. The van der Waals surface area contributed by atoms with Gasteiger partial charge in [0.05, 0.1) is 15.5 Å². The second-order valence-corrected chi connectivity index (χ2v) is 7.66. The smallest absolute Gasteiger partial charge is 0.337 e. The van der Waals surface area contributed by atoms with Crippen LogP contribution < -0.4 is 22.1 Å². The Kier molecular flexibility index (Phi) is 9.20. The van der Waals surface area contributed by atoms with Gasteiger partial charge < -0.3 is 32.3 Å². The molecule has 2 rings (SSSR count). The van der Waals surface area contributed by atoms with Crippen molar-refractivity contribution in [3.05, 3.63) is 53.1 Å². The molecule has 0 aromatic heterocycles. The maximum absolute atomic E-state index is 11.5. The van der Waals surface area contributed by atoms with Crippen molar-refractivity contribution >= 4 is 51.1 Å². The number of anilines is 2. The van der Waals surface area contributed by atoms with Crippen molar-refractivity contribution in [1.29, 1.82) is 0 Å². The van der Waals surface area contributed by atoms with E-state index in [0.717, 1.165) is 0 Å². The van der Waals surface area contributed by atoms with Gasteiger partial charge in [-0.25, -0.2) is 9.59 Å². The van der Waals surface area contributed by atoms with Crippen molar-refractivity contribution in [2.45, 2.75) is 10.9 Å². The molecule has 168 valence electrons. The Hall–Kier alpha value is -3.39. The van der Waals surface area contributed by atoms with Gasteiger partial charge in [-0.3, -0.25) is 9.35 Å². The van der Waals surface area contributed by atoms with Crippen LogP contribution in [0.15, 0.2) is 47.4 Å². The van der Waals surface area contributed by atoms with Crippen LogP contribution in [-0.2, 0) is 14.9 Å². The summed E-state index contributed by atoms with van der Waals surface area (Å²) >= 11 is 5.67. The molecule has 0 radical (unpaired) electrons. The maximum atomic E-state index is 11.5. The first-order chi connectivity index (χ1) is 14.3. The molecule has 9 N–H and O–H groups in total. The molecule has 0 unspecified atom stereocenters. The van der Waals surface area contributed by atoms with E-state index in [4.69, 9.17) is 37.8 Å². The lowest BCUT2D eigenvalue weighted by Gasteiger charge is -2.10. The van der Waals surface area contributed by atoms with Gasteiger partial charge in [0.15, 0.2) is 0 Å². The summed E-state index contributed by atoms with van der Waals surface area (Å²) in [6, 6.07) is 7.44. The number of carboxylic acid groups (broad SMARTS) is 2. The molecular formula is C17H19ClN4O8S. The van der Waals surface area contributed by atoms with E-state index in [0.29, 0.717) is 5.69 Å². The Morgan fingerprint density at radius 2 is 1.74 bits per heavy atom. The summed E-state index contributed by atoms with van der Waals surface area (Å²) in [4.78, 5) is 32.6. The number of halogens is 1. The van der Waals surface area contributed by atoms with Gasteiger partial charge in [-0.1, -0.05) is 17.7 Å². The Morgan fingerprint density at radius 3 is 2.23 bits per heavy atom. The summed E-state index contributed by atoms with van der Waals surface area (Å²) in [7, 11) is -4.11. The lowest BCUT2D eigenvalue weighted by atomic mass is 10.2. The highest BCUT2D eigenvalue weighted by Crippen LogP contribution is 2.20. The van der Waals surface area contributed by atoms with E-state index in [1.165, 1.54) is 42.5 Å². The van der Waals surface area contributed by atoms with Gasteiger partial charge in [0.1, 0.15) is 6.04 Å². The summed E-state index contributed by atoms with van der Waals surface area (Å²) in [6.07, 6.45) is 0. The molecule has 0 aliphatic rings. The number of urea groups is 1. The molecule has 2 aromatic carbocycles. The van der Waals surface area contributed by atoms with Gasteiger partial charge in [-0.05, 0) is 36.4 Å². The van der Waals surface area contributed by atoms with Crippen molar-refractivity contribution in [3.63, 3.8) is 0 Å². The molecular weight excluding hydrogens is 456 g/mol. The van der Waals surface area contributed by atoms with Crippen LogP contribution in [0.5, 0.6) is 0 Å². The van der Waals surface area contributed by atoms with Crippen molar-refractivity contribution in [1.82, 2.24) is 5.32 Å². The first-order valence-electron chi connectivity index (χ1n) is 8.20. The molecule has 2 amide bonds. The Morgan fingerprint density at radius 1 is 1.10 bits per heavy atom. The minimum atomic E-state index is -4.11. The number of amides is 2. The molecule has 12 nitrogen and oxygen atoms in total. The Bertz CT molecular complexity index is 1080. The third kappa shape index (κ3) is 8.88. The molecule has 0 saturated carbocycles. The predicted octanol–water partition coefficient (Wildman–Crippen LogP) is 1.09. The quantitative estimate of drug-likeness (QED) is 0.233. The molecule has 0 heterocycles. The number of carbonyl (C=O) groups is 3. The third-order valence-electron chi connectivity index (χ3n) is 3.41. The molecule has 0 spiro atoms. The van der Waals surface area contributed by atoms with Gasteiger partial charge >= 0.3 is 18.0 Å². The first kappa shape index (κ1) is 25.6. The predicted molar refractivity (Wildman–Crippen MR) is 112 cm³/mol. The normalized spacial score (nSPS) is 11.5. The minimum absolute atomic E-state index is 0.0383. The van der Waals surface area contributed by atoms with Gasteiger partial charge in [-0.2, -0.15) is 8.42 Å². The van der Waals surface area contributed by atoms with Crippen LogP contribution in [0.4, 0.5) is 16.2 Å². The van der Waals surface area contributed by atoms with Gasteiger partial charge in [-0.15, -0.1) is 0 Å². The highest BCUT2D eigenvalue weighted by molar-refractivity contribution is 7.85. The summed E-state index contributed by atoms with van der Waals surface area (Å²) < 4.78 is 29.5. The van der Waals surface area contributed by atoms with Crippen LogP contribution in [0.2, 0.25) is 5.02 Å². The summed E-state index contributed by atoms with van der Waals surface area (Å²) in [6.45, 7) is -0.263. The molecule has 31 heavy (non-hydrogen) atoms. The second-order valence-electron chi connectivity index (χ2n) is 5.83. The van der Waals surface area contributed by atoms with Crippen LogP contribution >= 0.6 is 11.6 Å². The monoisotopic (exact) mass is 474 g/mol. The molecule has 0 bridgehead atoms. The zero-order valence-corrected chi connectivity index (χ0v) is 17.2. The van der Waals surface area contributed by atoms with Crippen molar-refractivity contribution in [2.24, 2.45) is 5.73 Å². The topological polar surface area (TPSA) is 222 Å². The van der Waals surface area contributed by atoms with E-state index < -0.39 is 34.1 Å². The van der Waals surface area contributed by atoms with Crippen molar-refractivity contribution in [3.8, 4) is 0 Å². The first-order valence-corrected chi connectivity index (χ1v) is 10.0. The maximum Gasteiger partial charge on any atom is 0.337 e. The Balaban J connectivity index is 0.000000367. The number of hydrogen-bond donors (Lipinski definition) is 7. The SMILES string of the molecule is N[C@@H](CNC(=O)Nc1ccc(Cl)c(C(=O)O)c1)C(=O)O.Nc1cccc(S(=O)(=O)O)c1. The molecule has 14 heteroatoms. The minimum Gasteiger partial charge on any atom is -0.480 e. The summed E-state index contributed by atoms with van der Waals surface area (Å²) in [5.41, 5.74) is 10.8. The molecule has 0 aliphatic carbocycles. The number of hydrogen-bond acceptors (Lipinski definition) is 7. The number of benzene rings is 2. The number of nitrogens with two attached hydrogens (primary N) is 2. The summed E-state index contributed by atoms with van der Waals surface area (Å²) in [5, 5.41) is 22.0. The van der Waals surface area contributed by atoms with Gasteiger partial charge in [0, 0.05) is 17.9 Å². The fourth-order valence-electron chi connectivity index (χ4n) is 1.91. The van der Waals surface area contributed by atoms with Crippen molar-refractivity contribution < 1.29 is 37.6 Å². The highest BCUT2D eigenvalue weighted by Gasteiger charge is 2.14. The largest absolute Gasteiger partial charge is 0.480 e. The lowest BCUT2D eigenvalue weighted by molar-refractivity contribution is -0.138. The molecule has 0 fully saturated rings. The fourth-order valence-corrected chi connectivity index (χ4v) is 2.64. The van der Waals surface area contributed by atoms with Crippen LogP contribution in [-0.4, -0.2) is 53.7 Å². The average Bonchev–Trinajstić information content (AvgIpc) is 2.67. The Labute approximate surface area is 181 Å². The number of carboxylic acids is 2. The average molecular weight is 475 g/mol. The number of rotatable bonds is 6. The van der Waals surface area contributed by atoms with Gasteiger partial charge in [0.25, 0.3) is 10.1 Å². The van der Waals surface area contributed by atoms with E-state index in [1.54, 1.807) is 0 Å². The van der Waals surface area contributed by atoms with Gasteiger partial charge in [0.2, 0.25) is 0 Å². The zero-order chi connectivity index (χ0) is 23.8. The number of nitrogens with one attached hydrogen (secondary N) is 2. The van der Waals surface area contributed by atoms with Crippen molar-refractivity contribution in [2.75, 3.05) is 17.6 Å². The van der Waals surface area contributed by atoms with E-state index in [9.17, 15) is 22.8 Å². The van der Waals surface area contributed by atoms with Crippen LogP contribution in [0.3, 0.4) is 0 Å². The number of carbonyl (C=O) groups excluding carboxylic acids is 1. The van der Waals surface area contributed by atoms with E-state index in [2.05, 4.69) is 10.6 Å². The standard InChI is InChI=1S/C11H12ClN3O5.C6H7NO3S/c12-7-2-1-5(3-6(7)9(16)17)15-11(20)14-4-8(13)10(18)19;7-5-2-1-3-6(4-5)11(8,9)10/h1-3,8H,4,13H2,(H,16,17)(H,18,19)(H2,14,15,20);1-4H,7H2,(H,8,9,10)/t8-;/m0./s1. The highest BCUT2D eigenvalue weighted by atomic mass is 35.5. The van der Waals surface area contributed by atoms with Crippen LogP contribution in [0, 0.1) is 0 Å². The fraction of sp³-hybridized carbons (Fsp3) is 0.118. The summed E-state index contributed by atoms with van der Waals surface area (Å²) in [5.74, 6) is -2.48. The van der Waals surface area contributed by atoms with E-state index in [1.807, 2.05) is 0 Å². The van der Waals surface area contributed by atoms with E-state index >= 15 is 0 Å². The third-order valence-corrected chi connectivity index (χ3v) is 4.59. The number of aliphatic carboxylic acids is 1. The molecule has 0 saturated heterocycles. The molecule has 0 aliphatic heterocycles. The van der Waals surface area contributed by atoms with Crippen LogP contribution in [0.25, 0.3) is 0 Å². The van der Waals surface area contributed by atoms with E-state index in [-0.39, 0.29) is 27.7 Å². The van der Waals surface area contributed by atoms with Crippen LogP contribution in [0.1, 0.15) is 10.4 Å². The zero-order valence-electron chi connectivity index (χ0n) is 15.6. The number of aromatic carboxylic acids is 1. The molecule has 2 aromatic rings. The molecule has 1 atom stereocenters. The lowest BCUT2D eigenvalue weighted by Crippen LogP contribution is -2.43. The second kappa shape index (κ2) is 11.1.